The molecule has 4 rings (SSSR count). The fraction of sp³-hybridized carbons (Fsp3) is 0.391. The number of nitrogens with one attached hydrogen (secondary N) is 1. The van der Waals surface area contributed by atoms with Gasteiger partial charge in [-0.25, -0.2) is 13.1 Å². The number of rotatable bonds is 6. The van der Waals surface area contributed by atoms with E-state index in [1.165, 1.54) is 17.7 Å². The van der Waals surface area contributed by atoms with Gasteiger partial charge in [-0.05, 0) is 61.2 Å². The van der Waals surface area contributed by atoms with E-state index in [9.17, 15) is 18.0 Å². The first kappa shape index (κ1) is 21.5. The number of sulfonamides is 1. The van der Waals surface area contributed by atoms with Gasteiger partial charge in [0.2, 0.25) is 10.0 Å². The molecule has 7 nitrogen and oxygen atoms in total. The number of hydrogen-bond donors (Lipinski definition) is 1. The number of carbonyl (C=O) groups is 2. The second-order valence-electron chi connectivity index (χ2n) is 8.05. The lowest BCUT2D eigenvalue weighted by Crippen LogP contribution is -2.50. The van der Waals surface area contributed by atoms with Crippen LogP contribution in [0.15, 0.2) is 53.4 Å². The van der Waals surface area contributed by atoms with Gasteiger partial charge in [0.15, 0.2) is 0 Å². The second-order valence-corrected chi connectivity index (χ2v) is 9.77. The average Bonchev–Trinajstić information content (AvgIpc) is 3.61. The van der Waals surface area contributed by atoms with Gasteiger partial charge in [-0.3, -0.25) is 9.59 Å². The number of amides is 2. The van der Waals surface area contributed by atoms with E-state index in [-0.39, 0.29) is 22.8 Å². The normalized spacial score (nSPS) is 16.9. The lowest BCUT2D eigenvalue weighted by atomic mass is 10.1. The number of carbonyl (C=O) groups excluding carboxylic acids is 2. The Kier molecular flexibility index (Phi) is 6.11. The molecule has 1 aliphatic carbocycles. The minimum atomic E-state index is -3.53. The van der Waals surface area contributed by atoms with Crippen molar-refractivity contribution in [3.05, 3.63) is 65.2 Å². The van der Waals surface area contributed by atoms with Crippen LogP contribution in [0.4, 0.5) is 0 Å². The smallest absolute Gasteiger partial charge is 0.253 e. The highest BCUT2D eigenvalue weighted by atomic mass is 32.2. The van der Waals surface area contributed by atoms with Gasteiger partial charge in [0.25, 0.3) is 11.8 Å². The highest BCUT2D eigenvalue weighted by Crippen LogP contribution is 2.22. The van der Waals surface area contributed by atoms with Crippen LogP contribution >= 0.6 is 0 Å². The molecule has 0 radical (unpaired) electrons. The summed E-state index contributed by atoms with van der Waals surface area (Å²) in [6, 6.07) is 13.7. The number of aryl methyl sites for hydroxylation is 1. The second kappa shape index (κ2) is 8.80. The minimum Gasteiger partial charge on any atom is -0.335 e. The van der Waals surface area contributed by atoms with Crippen molar-refractivity contribution in [2.24, 2.45) is 0 Å². The number of piperazine rings is 1. The molecule has 2 amide bonds. The lowest BCUT2D eigenvalue weighted by molar-refractivity contribution is 0.0535. The number of hydrogen-bond acceptors (Lipinski definition) is 4. The van der Waals surface area contributed by atoms with Crippen LogP contribution in [0.5, 0.6) is 0 Å². The van der Waals surface area contributed by atoms with E-state index < -0.39 is 10.0 Å². The maximum atomic E-state index is 12.8. The Bertz CT molecular complexity index is 1050. The molecule has 0 spiro atoms. The molecule has 1 aliphatic heterocycles. The van der Waals surface area contributed by atoms with Crippen LogP contribution in [-0.2, 0) is 16.4 Å². The monoisotopic (exact) mass is 441 g/mol. The third-order valence-electron chi connectivity index (χ3n) is 5.77. The van der Waals surface area contributed by atoms with E-state index in [1.54, 1.807) is 21.9 Å². The fourth-order valence-corrected chi connectivity index (χ4v) is 4.93. The van der Waals surface area contributed by atoms with E-state index in [2.05, 4.69) is 11.6 Å². The first-order valence-corrected chi connectivity index (χ1v) is 12.2. The topological polar surface area (TPSA) is 86.8 Å². The van der Waals surface area contributed by atoms with Crippen molar-refractivity contribution in [3.63, 3.8) is 0 Å². The average molecular weight is 442 g/mol. The summed E-state index contributed by atoms with van der Waals surface area (Å²) >= 11 is 0. The maximum Gasteiger partial charge on any atom is 0.253 e. The first-order chi connectivity index (χ1) is 14.9. The molecule has 164 valence electrons. The van der Waals surface area contributed by atoms with E-state index in [1.807, 2.05) is 24.3 Å². The summed E-state index contributed by atoms with van der Waals surface area (Å²) < 4.78 is 27.2. The van der Waals surface area contributed by atoms with Crippen molar-refractivity contribution in [1.29, 1.82) is 0 Å². The molecule has 1 saturated heterocycles. The van der Waals surface area contributed by atoms with Gasteiger partial charge in [0.05, 0.1) is 4.90 Å². The Morgan fingerprint density at radius 3 is 1.71 bits per heavy atom. The Labute approximate surface area is 183 Å². The summed E-state index contributed by atoms with van der Waals surface area (Å²) in [5, 5.41) is 0. The molecule has 1 heterocycles. The van der Waals surface area contributed by atoms with Crippen molar-refractivity contribution in [2.75, 3.05) is 26.2 Å². The van der Waals surface area contributed by atoms with Crippen molar-refractivity contribution in [1.82, 2.24) is 14.5 Å². The zero-order chi connectivity index (χ0) is 22.0. The van der Waals surface area contributed by atoms with Crippen molar-refractivity contribution in [2.45, 2.75) is 37.1 Å². The van der Waals surface area contributed by atoms with Gasteiger partial charge in [-0.15, -0.1) is 0 Å². The van der Waals surface area contributed by atoms with Gasteiger partial charge in [0, 0.05) is 43.3 Å². The molecule has 2 aliphatic rings. The molecule has 0 bridgehead atoms. The molecule has 0 atom stereocenters. The zero-order valence-corrected chi connectivity index (χ0v) is 18.4. The van der Waals surface area contributed by atoms with Crippen molar-refractivity contribution in [3.8, 4) is 0 Å². The van der Waals surface area contributed by atoms with Gasteiger partial charge in [-0.2, -0.15) is 0 Å². The van der Waals surface area contributed by atoms with Crippen LogP contribution in [0.25, 0.3) is 0 Å². The van der Waals surface area contributed by atoms with E-state index in [0.29, 0.717) is 37.3 Å². The lowest BCUT2D eigenvalue weighted by Gasteiger charge is -2.35. The van der Waals surface area contributed by atoms with Gasteiger partial charge in [-0.1, -0.05) is 19.1 Å². The maximum absolute atomic E-state index is 12.8. The van der Waals surface area contributed by atoms with Crippen LogP contribution in [0.3, 0.4) is 0 Å². The Morgan fingerprint density at radius 1 is 0.839 bits per heavy atom. The fourth-order valence-electron chi connectivity index (χ4n) is 3.63. The third kappa shape index (κ3) is 4.97. The number of nitrogens with zero attached hydrogens (tertiary/aromatic N) is 2. The molecular formula is C23H27N3O4S. The van der Waals surface area contributed by atoms with Crippen LogP contribution in [-0.4, -0.2) is 62.3 Å². The van der Waals surface area contributed by atoms with Gasteiger partial charge < -0.3 is 9.80 Å². The molecule has 0 unspecified atom stereocenters. The summed E-state index contributed by atoms with van der Waals surface area (Å²) in [5.74, 6) is -0.175. The number of benzene rings is 2. The molecule has 31 heavy (non-hydrogen) atoms. The standard InChI is InChI=1S/C23H27N3O4S/c1-2-17-3-5-18(6-4-17)22(27)25-13-15-26(16-14-25)23(28)19-7-11-21(12-8-19)31(29,30)24-20-9-10-20/h3-8,11-12,20,24H,2,9-10,13-16H2,1H3. The highest BCUT2D eigenvalue weighted by Gasteiger charge is 2.29. The Hall–Kier alpha value is -2.71. The molecule has 2 fully saturated rings. The minimum absolute atomic E-state index is 0.0209. The quantitative estimate of drug-likeness (QED) is 0.745. The third-order valence-corrected chi connectivity index (χ3v) is 7.31. The predicted molar refractivity (Wildman–Crippen MR) is 117 cm³/mol. The largest absolute Gasteiger partial charge is 0.335 e. The summed E-state index contributed by atoms with van der Waals surface area (Å²) in [4.78, 5) is 29.2. The molecule has 0 aromatic heterocycles. The summed E-state index contributed by atoms with van der Waals surface area (Å²) in [7, 11) is -3.53. The summed E-state index contributed by atoms with van der Waals surface area (Å²) in [5.41, 5.74) is 2.29. The van der Waals surface area contributed by atoms with Gasteiger partial charge in [0.1, 0.15) is 0 Å². The van der Waals surface area contributed by atoms with Crippen LogP contribution in [0, 0.1) is 0 Å². The molecule has 1 N–H and O–H groups in total. The van der Waals surface area contributed by atoms with Crippen LogP contribution < -0.4 is 4.72 Å². The first-order valence-electron chi connectivity index (χ1n) is 10.7. The SMILES string of the molecule is CCc1ccc(C(=O)N2CCN(C(=O)c3ccc(S(=O)(=O)NC4CC4)cc3)CC2)cc1. The molecule has 8 heteroatoms. The highest BCUT2D eigenvalue weighted by molar-refractivity contribution is 7.89. The summed E-state index contributed by atoms with van der Waals surface area (Å²) in [6.07, 6.45) is 2.67. The Morgan fingerprint density at radius 2 is 1.29 bits per heavy atom. The van der Waals surface area contributed by atoms with Crippen LogP contribution in [0.1, 0.15) is 46.0 Å². The molecule has 2 aromatic rings. The summed E-state index contributed by atoms with van der Waals surface area (Å²) in [6.45, 7) is 3.90. The van der Waals surface area contributed by atoms with Crippen LogP contribution in [0.2, 0.25) is 0 Å². The van der Waals surface area contributed by atoms with Crippen molar-refractivity contribution >= 4 is 21.8 Å². The van der Waals surface area contributed by atoms with Gasteiger partial charge >= 0.3 is 0 Å². The van der Waals surface area contributed by atoms with E-state index >= 15 is 0 Å². The zero-order valence-electron chi connectivity index (χ0n) is 17.6. The molecule has 2 aromatic carbocycles. The van der Waals surface area contributed by atoms with E-state index in [4.69, 9.17) is 0 Å². The molecular weight excluding hydrogens is 414 g/mol. The predicted octanol–water partition coefficient (Wildman–Crippen LogP) is 2.29. The van der Waals surface area contributed by atoms with Crippen molar-refractivity contribution < 1.29 is 18.0 Å². The Balaban J connectivity index is 1.34. The molecule has 1 saturated carbocycles. The van der Waals surface area contributed by atoms with E-state index in [0.717, 1.165) is 19.3 Å².